The van der Waals surface area contributed by atoms with Gasteiger partial charge in [0.15, 0.2) is 0 Å². The van der Waals surface area contributed by atoms with Gasteiger partial charge in [0.2, 0.25) is 0 Å². The Bertz CT molecular complexity index is 176. The third-order valence-corrected chi connectivity index (χ3v) is 4.40. The van der Waals surface area contributed by atoms with E-state index in [2.05, 4.69) is 33.1 Å². The van der Waals surface area contributed by atoms with Gasteiger partial charge in [0.25, 0.3) is 0 Å². The minimum atomic E-state index is 0.801. The summed E-state index contributed by atoms with van der Waals surface area (Å²) >= 11 is 0. The molecule has 3 atom stereocenters. The lowest BCUT2D eigenvalue weighted by molar-refractivity contribution is 0.191. The van der Waals surface area contributed by atoms with Crippen LogP contribution in [0.4, 0.5) is 0 Å². The second-order valence-corrected chi connectivity index (χ2v) is 6.07. The number of hydrogen-bond donors (Lipinski definition) is 1. The number of nitrogens with one attached hydrogen (secondary N) is 1. The molecule has 1 aliphatic carbocycles. The van der Waals surface area contributed by atoms with Crippen molar-refractivity contribution in [3.63, 3.8) is 0 Å². The van der Waals surface area contributed by atoms with E-state index in [0.29, 0.717) is 0 Å². The van der Waals surface area contributed by atoms with Crippen molar-refractivity contribution in [1.82, 2.24) is 5.32 Å². The molecule has 1 saturated carbocycles. The Labute approximate surface area is 102 Å². The predicted molar refractivity (Wildman–Crippen MR) is 72.7 cm³/mol. The van der Waals surface area contributed by atoms with Crippen LogP contribution in [0.25, 0.3) is 0 Å². The zero-order valence-electron chi connectivity index (χ0n) is 11.8. The Balaban J connectivity index is 2.33. The Morgan fingerprint density at radius 3 is 2.56 bits per heavy atom. The van der Waals surface area contributed by atoms with Crippen molar-refractivity contribution >= 4 is 0 Å². The highest BCUT2D eigenvalue weighted by Crippen LogP contribution is 2.34. The zero-order valence-corrected chi connectivity index (χ0v) is 11.8. The van der Waals surface area contributed by atoms with E-state index in [1.54, 1.807) is 0 Å². The summed E-state index contributed by atoms with van der Waals surface area (Å²) in [4.78, 5) is 0. The van der Waals surface area contributed by atoms with Crippen LogP contribution in [-0.2, 0) is 0 Å². The Kier molecular flexibility index (Phi) is 6.41. The highest BCUT2D eigenvalue weighted by Gasteiger charge is 2.28. The van der Waals surface area contributed by atoms with E-state index in [4.69, 9.17) is 0 Å². The summed E-state index contributed by atoms with van der Waals surface area (Å²) in [6, 6.07) is 0.801. The molecular weight excluding hydrogens is 194 g/mol. The minimum Gasteiger partial charge on any atom is -0.317 e. The molecule has 0 amide bonds. The number of rotatable bonds is 6. The summed E-state index contributed by atoms with van der Waals surface area (Å²) in [5, 5.41) is 3.54. The molecule has 3 unspecified atom stereocenters. The first-order valence-electron chi connectivity index (χ1n) is 7.34. The van der Waals surface area contributed by atoms with Crippen LogP contribution >= 0.6 is 0 Å². The SMILES string of the molecule is CCC1CCC(NC)C(CCCC(C)C)C1. The van der Waals surface area contributed by atoms with Gasteiger partial charge in [-0.3, -0.25) is 0 Å². The van der Waals surface area contributed by atoms with E-state index >= 15 is 0 Å². The summed E-state index contributed by atoms with van der Waals surface area (Å²) in [6.45, 7) is 7.03. The van der Waals surface area contributed by atoms with Crippen LogP contribution < -0.4 is 5.32 Å². The maximum absolute atomic E-state index is 3.54. The molecule has 0 radical (unpaired) electrons. The van der Waals surface area contributed by atoms with Crippen molar-refractivity contribution in [3.8, 4) is 0 Å². The first-order chi connectivity index (χ1) is 7.67. The van der Waals surface area contributed by atoms with Crippen LogP contribution in [0.15, 0.2) is 0 Å². The fraction of sp³-hybridized carbons (Fsp3) is 1.00. The number of hydrogen-bond acceptors (Lipinski definition) is 1. The average Bonchev–Trinajstić information content (AvgIpc) is 2.28. The van der Waals surface area contributed by atoms with Crippen LogP contribution in [0.1, 0.15) is 65.7 Å². The first-order valence-corrected chi connectivity index (χ1v) is 7.34. The van der Waals surface area contributed by atoms with Crippen molar-refractivity contribution in [2.75, 3.05) is 7.05 Å². The molecule has 96 valence electrons. The molecule has 0 spiro atoms. The van der Waals surface area contributed by atoms with E-state index in [1.807, 2.05) is 0 Å². The van der Waals surface area contributed by atoms with Gasteiger partial charge in [0.1, 0.15) is 0 Å². The third-order valence-electron chi connectivity index (χ3n) is 4.40. The van der Waals surface area contributed by atoms with Gasteiger partial charge in [-0.1, -0.05) is 40.0 Å². The molecule has 16 heavy (non-hydrogen) atoms. The van der Waals surface area contributed by atoms with E-state index in [0.717, 1.165) is 23.8 Å². The Morgan fingerprint density at radius 2 is 2.00 bits per heavy atom. The van der Waals surface area contributed by atoms with E-state index in [1.165, 1.54) is 44.9 Å². The molecule has 0 aromatic rings. The second-order valence-electron chi connectivity index (χ2n) is 6.07. The lowest BCUT2D eigenvalue weighted by atomic mass is 9.75. The molecule has 0 bridgehead atoms. The Hall–Kier alpha value is -0.0400. The monoisotopic (exact) mass is 225 g/mol. The van der Waals surface area contributed by atoms with Gasteiger partial charge >= 0.3 is 0 Å². The van der Waals surface area contributed by atoms with Crippen LogP contribution in [0.3, 0.4) is 0 Å². The van der Waals surface area contributed by atoms with Crippen molar-refractivity contribution in [3.05, 3.63) is 0 Å². The van der Waals surface area contributed by atoms with Gasteiger partial charge in [-0.25, -0.2) is 0 Å². The van der Waals surface area contributed by atoms with E-state index in [9.17, 15) is 0 Å². The summed E-state index contributed by atoms with van der Waals surface area (Å²) in [5.74, 6) is 2.83. The lowest BCUT2D eigenvalue weighted by Gasteiger charge is -2.36. The predicted octanol–water partition coefficient (Wildman–Crippen LogP) is 4.23. The quantitative estimate of drug-likeness (QED) is 0.713. The van der Waals surface area contributed by atoms with Crippen molar-refractivity contribution < 1.29 is 0 Å². The van der Waals surface area contributed by atoms with E-state index in [-0.39, 0.29) is 0 Å². The fourth-order valence-corrected chi connectivity index (χ4v) is 3.22. The molecule has 0 saturated heterocycles. The molecule has 0 aromatic heterocycles. The van der Waals surface area contributed by atoms with Crippen molar-refractivity contribution in [2.24, 2.45) is 17.8 Å². The first kappa shape index (κ1) is 14.0. The maximum atomic E-state index is 3.54. The Morgan fingerprint density at radius 1 is 1.25 bits per heavy atom. The smallest absolute Gasteiger partial charge is 0.00925 e. The summed E-state index contributed by atoms with van der Waals surface area (Å²) in [7, 11) is 2.15. The van der Waals surface area contributed by atoms with Gasteiger partial charge in [-0.15, -0.1) is 0 Å². The molecule has 1 nitrogen and oxygen atoms in total. The van der Waals surface area contributed by atoms with Crippen LogP contribution in [0.5, 0.6) is 0 Å². The normalized spacial score (nSPS) is 30.9. The summed E-state index contributed by atoms with van der Waals surface area (Å²) in [5.41, 5.74) is 0. The lowest BCUT2D eigenvalue weighted by Crippen LogP contribution is -2.38. The van der Waals surface area contributed by atoms with Crippen molar-refractivity contribution in [1.29, 1.82) is 0 Å². The molecule has 1 rings (SSSR count). The molecule has 0 heterocycles. The minimum absolute atomic E-state index is 0.801. The second kappa shape index (κ2) is 7.32. The maximum Gasteiger partial charge on any atom is 0.00925 e. The summed E-state index contributed by atoms with van der Waals surface area (Å²) < 4.78 is 0. The van der Waals surface area contributed by atoms with Crippen molar-refractivity contribution in [2.45, 2.75) is 71.8 Å². The standard InChI is InChI=1S/C15H31N/c1-5-13-9-10-15(16-4)14(11-13)8-6-7-12(2)3/h12-16H,5-11H2,1-4H3. The molecule has 1 heteroatoms. The third kappa shape index (κ3) is 4.45. The largest absolute Gasteiger partial charge is 0.317 e. The zero-order chi connectivity index (χ0) is 12.0. The van der Waals surface area contributed by atoms with Crippen LogP contribution in [0, 0.1) is 17.8 Å². The molecule has 1 fully saturated rings. The van der Waals surface area contributed by atoms with Gasteiger partial charge in [0.05, 0.1) is 0 Å². The average molecular weight is 225 g/mol. The highest BCUT2D eigenvalue weighted by molar-refractivity contribution is 4.83. The highest BCUT2D eigenvalue weighted by atomic mass is 14.9. The van der Waals surface area contributed by atoms with Crippen LogP contribution in [-0.4, -0.2) is 13.1 Å². The van der Waals surface area contributed by atoms with Gasteiger partial charge in [-0.05, 0) is 50.5 Å². The van der Waals surface area contributed by atoms with Crippen LogP contribution in [0.2, 0.25) is 0 Å². The molecule has 1 aliphatic rings. The van der Waals surface area contributed by atoms with Gasteiger partial charge in [0, 0.05) is 6.04 Å². The fourth-order valence-electron chi connectivity index (χ4n) is 3.22. The van der Waals surface area contributed by atoms with Gasteiger partial charge < -0.3 is 5.32 Å². The molecule has 0 aliphatic heterocycles. The topological polar surface area (TPSA) is 12.0 Å². The van der Waals surface area contributed by atoms with E-state index < -0.39 is 0 Å². The molecular formula is C15H31N. The summed E-state index contributed by atoms with van der Waals surface area (Å²) in [6.07, 6.45) is 9.99. The molecule has 0 aromatic carbocycles. The van der Waals surface area contributed by atoms with Gasteiger partial charge in [-0.2, -0.15) is 0 Å². The molecule has 1 N–H and O–H groups in total.